The standard InChI is InChI=1S/C21H22NO3P/c1-22(2,17-18-9-5-3-6-10-18)19-13-15-21(16-14-19)25-26(23)24-20-11-7-4-8-12-20/h3-16H,17H2,1-2H3. The second kappa shape index (κ2) is 8.33. The van der Waals surface area contributed by atoms with E-state index in [1.807, 2.05) is 48.5 Å². The fourth-order valence-electron chi connectivity index (χ4n) is 2.71. The topological polar surface area (TPSA) is 41.5 Å². The molecule has 0 amide bonds. The van der Waals surface area contributed by atoms with E-state index in [4.69, 9.17) is 9.05 Å². The number of quaternary nitrogens is 1. The van der Waals surface area contributed by atoms with Gasteiger partial charge in [-0.15, -0.1) is 0 Å². The van der Waals surface area contributed by atoms with Gasteiger partial charge in [0.05, 0.1) is 14.1 Å². The van der Waals surface area contributed by atoms with Crippen LogP contribution in [0, 0.1) is 0 Å². The highest BCUT2D eigenvalue weighted by Crippen LogP contribution is 2.34. The van der Waals surface area contributed by atoms with Crippen molar-refractivity contribution in [2.24, 2.45) is 0 Å². The van der Waals surface area contributed by atoms with E-state index in [-0.39, 0.29) is 0 Å². The van der Waals surface area contributed by atoms with E-state index in [9.17, 15) is 4.89 Å². The molecule has 0 N–H and O–H groups in total. The van der Waals surface area contributed by atoms with Gasteiger partial charge in [-0.05, 0) is 24.3 Å². The lowest BCUT2D eigenvalue weighted by Crippen LogP contribution is -2.39. The zero-order valence-electron chi connectivity index (χ0n) is 14.9. The first-order valence-electron chi connectivity index (χ1n) is 8.39. The van der Waals surface area contributed by atoms with Crippen molar-refractivity contribution in [1.82, 2.24) is 4.48 Å². The third-order valence-corrected chi connectivity index (χ3v) is 4.78. The second-order valence-corrected chi connectivity index (χ2v) is 7.35. The predicted molar refractivity (Wildman–Crippen MR) is 105 cm³/mol. The summed E-state index contributed by atoms with van der Waals surface area (Å²) in [6, 6.07) is 27.0. The van der Waals surface area contributed by atoms with Crippen LogP contribution in [0.3, 0.4) is 0 Å². The Bertz CT molecular complexity index is 808. The van der Waals surface area contributed by atoms with Crippen molar-refractivity contribution in [3.63, 3.8) is 0 Å². The van der Waals surface area contributed by atoms with E-state index in [1.54, 1.807) is 12.1 Å². The van der Waals surface area contributed by atoms with E-state index < -0.39 is 8.60 Å². The zero-order valence-corrected chi connectivity index (χ0v) is 15.8. The van der Waals surface area contributed by atoms with Gasteiger partial charge in [0, 0.05) is 17.7 Å². The molecule has 0 spiro atoms. The molecular weight excluding hydrogens is 345 g/mol. The summed E-state index contributed by atoms with van der Waals surface area (Å²) < 4.78 is 11.4. The maximum Gasteiger partial charge on any atom is 0.210 e. The molecule has 0 radical (unpaired) electrons. The van der Waals surface area contributed by atoms with Crippen molar-refractivity contribution in [3.8, 4) is 11.5 Å². The number of hydrogen-bond donors (Lipinski definition) is 0. The predicted octanol–water partition coefficient (Wildman–Crippen LogP) is 4.50. The minimum Gasteiger partial charge on any atom is -0.765 e. The van der Waals surface area contributed by atoms with Crippen LogP contribution < -0.4 is 18.4 Å². The van der Waals surface area contributed by atoms with Crippen LogP contribution in [-0.2, 0) is 6.54 Å². The third kappa shape index (κ3) is 5.06. The molecule has 134 valence electrons. The summed E-state index contributed by atoms with van der Waals surface area (Å²) in [7, 11) is 2.04. The molecule has 0 aromatic heterocycles. The summed E-state index contributed by atoms with van der Waals surface area (Å²) >= 11 is 0. The fourth-order valence-corrected chi connectivity index (χ4v) is 3.34. The fraction of sp³-hybridized carbons (Fsp3) is 0.143. The minimum atomic E-state index is -2.27. The zero-order chi connectivity index (χ0) is 18.4. The second-order valence-electron chi connectivity index (χ2n) is 6.54. The molecule has 1 unspecified atom stereocenters. The molecular formula is C21H22NO3P. The number of para-hydroxylation sites is 1. The molecule has 0 saturated heterocycles. The van der Waals surface area contributed by atoms with Crippen molar-refractivity contribution in [3.05, 3.63) is 90.5 Å². The highest BCUT2D eigenvalue weighted by atomic mass is 31.2. The van der Waals surface area contributed by atoms with Crippen molar-refractivity contribution >= 4 is 14.3 Å². The lowest BCUT2D eigenvalue weighted by Gasteiger charge is -2.30. The molecule has 0 aliphatic carbocycles. The number of rotatable bonds is 7. The molecule has 0 aliphatic rings. The maximum absolute atomic E-state index is 12.0. The van der Waals surface area contributed by atoms with Gasteiger partial charge < -0.3 is 13.9 Å². The van der Waals surface area contributed by atoms with Crippen LogP contribution >= 0.6 is 8.60 Å². The SMILES string of the molecule is C[N+](C)(Cc1ccccc1)c1ccc(OP([O-])Oc2ccccc2)cc1. The van der Waals surface area contributed by atoms with E-state index in [2.05, 4.69) is 38.4 Å². The van der Waals surface area contributed by atoms with Crippen molar-refractivity contribution in [2.45, 2.75) is 6.54 Å². The number of nitrogens with zero attached hydrogens (tertiary/aromatic N) is 1. The van der Waals surface area contributed by atoms with Gasteiger partial charge in [0.25, 0.3) is 0 Å². The molecule has 26 heavy (non-hydrogen) atoms. The van der Waals surface area contributed by atoms with Crippen molar-refractivity contribution in [1.29, 1.82) is 0 Å². The Kier molecular flexibility index (Phi) is 5.89. The first-order valence-corrected chi connectivity index (χ1v) is 9.48. The monoisotopic (exact) mass is 367 g/mol. The molecule has 0 saturated carbocycles. The van der Waals surface area contributed by atoms with Crippen molar-refractivity contribution < 1.29 is 13.9 Å². The van der Waals surface area contributed by atoms with Crippen LogP contribution in [-0.4, -0.2) is 14.1 Å². The lowest BCUT2D eigenvalue weighted by atomic mass is 10.1. The van der Waals surface area contributed by atoms with Crippen LogP contribution in [0.2, 0.25) is 0 Å². The molecule has 1 atom stereocenters. The normalized spacial score (nSPS) is 12.4. The Morgan fingerprint density at radius 2 is 1.23 bits per heavy atom. The Morgan fingerprint density at radius 3 is 1.81 bits per heavy atom. The Balaban J connectivity index is 1.62. The smallest absolute Gasteiger partial charge is 0.210 e. The Labute approximate surface area is 155 Å². The first-order chi connectivity index (χ1) is 12.5. The molecule has 0 heterocycles. The number of benzene rings is 3. The van der Waals surface area contributed by atoms with E-state index in [1.165, 1.54) is 5.56 Å². The minimum absolute atomic E-state index is 0.519. The first kappa shape index (κ1) is 18.4. The van der Waals surface area contributed by atoms with Gasteiger partial charge in [0.15, 0.2) is 0 Å². The molecule has 4 nitrogen and oxygen atoms in total. The van der Waals surface area contributed by atoms with Crippen LogP contribution in [0.25, 0.3) is 0 Å². The van der Waals surface area contributed by atoms with Gasteiger partial charge >= 0.3 is 0 Å². The summed E-state index contributed by atoms with van der Waals surface area (Å²) in [6.45, 7) is 0.881. The van der Waals surface area contributed by atoms with Crippen LogP contribution in [0.4, 0.5) is 5.69 Å². The van der Waals surface area contributed by atoms with E-state index in [0.29, 0.717) is 16.0 Å². The van der Waals surface area contributed by atoms with E-state index in [0.717, 1.165) is 12.2 Å². The summed E-state index contributed by atoms with van der Waals surface area (Å²) in [5, 5.41) is 0. The highest BCUT2D eigenvalue weighted by Gasteiger charge is 2.19. The van der Waals surface area contributed by atoms with Crippen LogP contribution in [0.15, 0.2) is 84.9 Å². The Morgan fingerprint density at radius 1 is 0.731 bits per heavy atom. The summed E-state index contributed by atoms with van der Waals surface area (Å²) in [5.41, 5.74) is 2.41. The van der Waals surface area contributed by atoms with Gasteiger partial charge in [-0.2, -0.15) is 0 Å². The quantitative estimate of drug-likeness (QED) is 0.456. The Hall–Kier alpha value is -2.39. The molecule has 3 aromatic carbocycles. The summed E-state index contributed by atoms with van der Waals surface area (Å²) in [4.78, 5) is 12.0. The molecule has 0 bridgehead atoms. The molecule has 5 heteroatoms. The maximum atomic E-state index is 12.0. The third-order valence-electron chi connectivity index (χ3n) is 4.06. The molecule has 3 aromatic rings. The molecule has 3 rings (SSSR count). The van der Waals surface area contributed by atoms with Gasteiger partial charge in [0.2, 0.25) is 8.60 Å². The molecule has 0 fully saturated rings. The summed E-state index contributed by atoms with van der Waals surface area (Å²) in [6.07, 6.45) is 0. The average Bonchev–Trinajstić information content (AvgIpc) is 2.63. The van der Waals surface area contributed by atoms with Gasteiger partial charge in [0.1, 0.15) is 23.7 Å². The average molecular weight is 367 g/mol. The molecule has 0 aliphatic heterocycles. The summed E-state index contributed by atoms with van der Waals surface area (Å²) in [5.74, 6) is 1.04. The highest BCUT2D eigenvalue weighted by molar-refractivity contribution is 7.39. The lowest BCUT2D eigenvalue weighted by molar-refractivity contribution is -0.189. The van der Waals surface area contributed by atoms with Crippen molar-refractivity contribution in [2.75, 3.05) is 14.1 Å². The van der Waals surface area contributed by atoms with E-state index >= 15 is 0 Å². The van der Waals surface area contributed by atoms with Crippen LogP contribution in [0.5, 0.6) is 11.5 Å². The number of hydrogen-bond acceptors (Lipinski definition) is 3. The van der Waals surface area contributed by atoms with Gasteiger partial charge in [-0.25, -0.2) is 0 Å². The largest absolute Gasteiger partial charge is 0.765 e. The van der Waals surface area contributed by atoms with Gasteiger partial charge in [-0.1, -0.05) is 48.5 Å². The van der Waals surface area contributed by atoms with Gasteiger partial charge in [-0.3, -0.25) is 4.48 Å². The van der Waals surface area contributed by atoms with Crippen LogP contribution in [0.1, 0.15) is 5.56 Å².